The number of pyridine rings is 1. The van der Waals surface area contributed by atoms with Crippen LogP contribution in [0.3, 0.4) is 0 Å². The molecule has 3 aromatic rings. The van der Waals surface area contributed by atoms with Crippen LogP contribution in [0.2, 0.25) is 0 Å². The lowest BCUT2D eigenvalue weighted by atomic mass is 10.0. The Morgan fingerprint density at radius 2 is 2.11 bits per heavy atom. The smallest absolute Gasteiger partial charge is 0.252 e. The third kappa shape index (κ3) is 3.43. The van der Waals surface area contributed by atoms with Crippen LogP contribution in [0, 0.1) is 0 Å². The molecule has 0 N–H and O–H groups in total. The molecule has 140 valence electrons. The van der Waals surface area contributed by atoms with E-state index in [-0.39, 0.29) is 19.7 Å². The van der Waals surface area contributed by atoms with Crippen LogP contribution in [0.15, 0.2) is 58.4 Å². The van der Waals surface area contributed by atoms with Gasteiger partial charge in [0.05, 0.1) is 7.11 Å². The number of methoxy groups -OCH3 is 1. The summed E-state index contributed by atoms with van der Waals surface area (Å²) in [5.74, 6) is 1.18. The fraction of sp³-hybridized carbons (Fsp3) is 0.211. The highest BCUT2D eigenvalue weighted by molar-refractivity contribution is 7.91. The van der Waals surface area contributed by atoms with E-state index in [0.29, 0.717) is 15.7 Å². The second-order valence-corrected chi connectivity index (χ2v) is 9.14. The second-order valence-electron chi connectivity index (χ2n) is 6.03. The molecule has 0 saturated carbocycles. The Bertz CT molecular complexity index is 1040. The van der Waals surface area contributed by atoms with Crippen LogP contribution in [0.25, 0.3) is 11.1 Å². The number of rotatable bonds is 4. The maximum atomic E-state index is 13.0. The van der Waals surface area contributed by atoms with E-state index in [0.717, 1.165) is 16.7 Å². The van der Waals surface area contributed by atoms with E-state index in [1.807, 2.05) is 24.3 Å². The summed E-state index contributed by atoms with van der Waals surface area (Å²) < 4.78 is 39.1. The first-order chi connectivity index (χ1) is 13.1. The van der Waals surface area contributed by atoms with Gasteiger partial charge >= 0.3 is 0 Å². The van der Waals surface area contributed by atoms with E-state index in [4.69, 9.17) is 9.47 Å². The normalized spacial score (nSPS) is 14.9. The Morgan fingerprint density at radius 1 is 1.22 bits per heavy atom. The van der Waals surface area contributed by atoms with Gasteiger partial charge in [0.15, 0.2) is 11.5 Å². The number of fused-ring (bicyclic) bond motifs is 1. The molecule has 3 heterocycles. The minimum Gasteiger partial charge on any atom is -0.493 e. The van der Waals surface area contributed by atoms with E-state index < -0.39 is 10.0 Å². The predicted octanol–water partition coefficient (Wildman–Crippen LogP) is 3.40. The number of aromatic nitrogens is 1. The molecule has 1 aliphatic rings. The maximum Gasteiger partial charge on any atom is 0.252 e. The Labute approximate surface area is 162 Å². The molecule has 0 fully saturated rings. The van der Waals surface area contributed by atoms with Crippen molar-refractivity contribution >= 4 is 21.4 Å². The summed E-state index contributed by atoms with van der Waals surface area (Å²) in [6.07, 6.45) is 3.47. The number of thiophene rings is 1. The summed E-state index contributed by atoms with van der Waals surface area (Å²) in [5, 5.41) is 1.76. The lowest BCUT2D eigenvalue weighted by Gasteiger charge is -2.19. The number of hydrogen-bond acceptors (Lipinski definition) is 6. The third-order valence-corrected chi connectivity index (χ3v) is 7.59. The van der Waals surface area contributed by atoms with Crippen molar-refractivity contribution in [3.63, 3.8) is 0 Å². The highest BCUT2D eigenvalue weighted by atomic mass is 32.2. The van der Waals surface area contributed by atoms with Gasteiger partial charge in [0.2, 0.25) is 0 Å². The fourth-order valence-electron chi connectivity index (χ4n) is 3.05. The minimum absolute atomic E-state index is 0.222. The standard InChI is InChI=1S/C19H18N2O4S2/c1-24-17-11-15(14-4-2-6-20-12-14)10-16-13-21(7-8-25-19(16)17)27(22,23)18-5-3-9-26-18/h2-6,9-12H,7-8,13H2,1H3. The number of hydrogen-bond donors (Lipinski definition) is 0. The van der Waals surface area contributed by atoms with Crippen molar-refractivity contribution in [3.05, 3.63) is 59.7 Å². The quantitative estimate of drug-likeness (QED) is 0.669. The predicted molar refractivity (Wildman–Crippen MR) is 104 cm³/mol. The van der Waals surface area contributed by atoms with Crippen molar-refractivity contribution in [1.82, 2.24) is 9.29 Å². The number of sulfonamides is 1. The number of nitrogens with zero attached hydrogens (tertiary/aromatic N) is 2. The highest BCUT2D eigenvalue weighted by Gasteiger charge is 2.30. The number of benzene rings is 1. The number of ether oxygens (including phenoxy) is 2. The summed E-state index contributed by atoms with van der Waals surface area (Å²) in [7, 11) is -1.98. The average Bonchev–Trinajstić information content (AvgIpc) is 3.15. The molecule has 1 aromatic carbocycles. The van der Waals surface area contributed by atoms with Gasteiger partial charge in [-0.25, -0.2) is 8.42 Å². The molecule has 0 unspecified atom stereocenters. The summed E-state index contributed by atoms with van der Waals surface area (Å²) in [6, 6.07) is 11.0. The van der Waals surface area contributed by atoms with Crippen LogP contribution in [0.5, 0.6) is 11.5 Å². The van der Waals surface area contributed by atoms with E-state index in [1.54, 1.807) is 37.0 Å². The molecule has 0 bridgehead atoms. The topological polar surface area (TPSA) is 68.7 Å². The van der Waals surface area contributed by atoms with Gasteiger partial charge in [-0.1, -0.05) is 12.1 Å². The Balaban J connectivity index is 1.77. The molecule has 6 nitrogen and oxygen atoms in total. The molecule has 4 rings (SSSR count). The molecule has 27 heavy (non-hydrogen) atoms. The van der Waals surface area contributed by atoms with Crippen molar-refractivity contribution in [2.24, 2.45) is 0 Å². The van der Waals surface area contributed by atoms with Gasteiger partial charge in [-0.3, -0.25) is 4.98 Å². The minimum atomic E-state index is -3.56. The molecule has 0 saturated heterocycles. The maximum absolute atomic E-state index is 13.0. The Kier molecular flexibility index (Phi) is 4.86. The first kappa shape index (κ1) is 18.0. The fourth-order valence-corrected chi connectivity index (χ4v) is 5.60. The largest absolute Gasteiger partial charge is 0.493 e. The van der Waals surface area contributed by atoms with Crippen LogP contribution in [0.1, 0.15) is 5.56 Å². The van der Waals surface area contributed by atoms with Crippen LogP contribution in [0.4, 0.5) is 0 Å². The summed E-state index contributed by atoms with van der Waals surface area (Å²) in [4.78, 5) is 4.16. The molecule has 8 heteroatoms. The van der Waals surface area contributed by atoms with Gasteiger partial charge < -0.3 is 9.47 Å². The zero-order valence-electron chi connectivity index (χ0n) is 14.7. The van der Waals surface area contributed by atoms with Crippen molar-refractivity contribution in [3.8, 4) is 22.6 Å². The van der Waals surface area contributed by atoms with Crippen LogP contribution in [-0.2, 0) is 16.6 Å². The zero-order valence-corrected chi connectivity index (χ0v) is 16.3. The SMILES string of the molecule is COc1cc(-c2cccnc2)cc2c1OCCN(S(=O)(=O)c1cccs1)C2. The van der Waals surface area contributed by atoms with Crippen LogP contribution >= 0.6 is 11.3 Å². The molecular weight excluding hydrogens is 384 g/mol. The molecule has 0 spiro atoms. The van der Waals surface area contributed by atoms with Crippen LogP contribution < -0.4 is 9.47 Å². The van der Waals surface area contributed by atoms with Gasteiger partial charge in [0.1, 0.15) is 10.8 Å². The molecular formula is C19H18N2O4S2. The van der Waals surface area contributed by atoms with Gasteiger partial charge in [0.25, 0.3) is 10.0 Å². The van der Waals surface area contributed by atoms with Gasteiger partial charge in [-0.2, -0.15) is 4.31 Å². The van der Waals surface area contributed by atoms with Crippen molar-refractivity contribution < 1.29 is 17.9 Å². The summed E-state index contributed by atoms with van der Waals surface area (Å²) >= 11 is 1.22. The van der Waals surface area contributed by atoms with Crippen molar-refractivity contribution in [2.45, 2.75) is 10.8 Å². The van der Waals surface area contributed by atoms with E-state index >= 15 is 0 Å². The lowest BCUT2D eigenvalue weighted by Crippen LogP contribution is -2.32. The Morgan fingerprint density at radius 3 is 2.81 bits per heavy atom. The Hall–Kier alpha value is -2.42. The summed E-state index contributed by atoms with van der Waals surface area (Å²) in [6.45, 7) is 0.764. The van der Waals surface area contributed by atoms with E-state index in [2.05, 4.69) is 4.98 Å². The second kappa shape index (κ2) is 7.30. The van der Waals surface area contributed by atoms with Crippen molar-refractivity contribution in [2.75, 3.05) is 20.3 Å². The van der Waals surface area contributed by atoms with Gasteiger partial charge in [-0.05, 0) is 35.2 Å². The average molecular weight is 402 g/mol. The third-order valence-electron chi connectivity index (χ3n) is 4.37. The first-order valence-corrected chi connectivity index (χ1v) is 10.7. The van der Waals surface area contributed by atoms with Crippen LogP contribution in [-0.4, -0.2) is 38.0 Å². The first-order valence-electron chi connectivity index (χ1n) is 8.37. The highest BCUT2D eigenvalue weighted by Crippen LogP contribution is 2.39. The molecule has 1 aliphatic heterocycles. The summed E-state index contributed by atoms with van der Waals surface area (Å²) in [5.41, 5.74) is 2.60. The van der Waals surface area contributed by atoms with Gasteiger partial charge in [0, 0.05) is 36.6 Å². The molecule has 0 aliphatic carbocycles. The molecule has 0 atom stereocenters. The zero-order chi connectivity index (χ0) is 18.9. The van der Waals surface area contributed by atoms with Gasteiger partial charge in [-0.15, -0.1) is 11.3 Å². The van der Waals surface area contributed by atoms with Crippen molar-refractivity contribution in [1.29, 1.82) is 0 Å². The molecule has 2 aromatic heterocycles. The lowest BCUT2D eigenvalue weighted by molar-refractivity contribution is 0.279. The van der Waals surface area contributed by atoms with E-state index in [9.17, 15) is 8.42 Å². The molecule has 0 radical (unpaired) electrons. The van der Waals surface area contributed by atoms with E-state index in [1.165, 1.54) is 15.6 Å². The molecule has 0 amide bonds. The monoisotopic (exact) mass is 402 g/mol.